The summed E-state index contributed by atoms with van der Waals surface area (Å²) in [6, 6.07) is 11.0. The number of rotatable bonds is 23. The molecule has 2 aromatic carbocycles. The number of carbonyl (C=O) groups excluding carboxylic acids is 4. The van der Waals surface area contributed by atoms with Crippen LogP contribution in [0.1, 0.15) is 78.8 Å². The first-order valence-corrected chi connectivity index (χ1v) is 15.9. The molecule has 3 amide bonds. The van der Waals surface area contributed by atoms with Crippen LogP contribution in [0.3, 0.4) is 0 Å². The van der Waals surface area contributed by atoms with Crippen LogP contribution in [0.25, 0.3) is 11.1 Å². The van der Waals surface area contributed by atoms with Gasteiger partial charge in [0.15, 0.2) is 7.20 Å². The summed E-state index contributed by atoms with van der Waals surface area (Å²) in [7, 11) is 1.63. The van der Waals surface area contributed by atoms with E-state index in [-0.39, 0.29) is 43.7 Å². The minimum atomic E-state index is -0.894. The van der Waals surface area contributed by atoms with Crippen LogP contribution in [0.5, 0.6) is 0 Å². The maximum atomic E-state index is 13.0. The van der Waals surface area contributed by atoms with E-state index in [4.69, 9.17) is 25.5 Å². The molecule has 12 heteroatoms. The van der Waals surface area contributed by atoms with Gasteiger partial charge in [0.2, 0.25) is 11.8 Å². The highest BCUT2D eigenvalue weighted by molar-refractivity contribution is 5.98. The lowest BCUT2D eigenvalue weighted by atomic mass is 9.94. The standard InChI is InChI=1S/C34H47N3O9/c1-43-16-6-19-45-20-14-36-32(40)8-4-9-33(41)37-25-11-13-27-26-12-10-24(31(39)7-5-18-44-17-3-2-15-38)21-28(26)30(29(27)22-25)23-46-34(35)42/h10-13,21-22,30,38H,2-9,14-20,23H2,1H3,(H2,35,42)(H,36,40)(H,37,41)/i/hD. The minimum Gasteiger partial charge on any atom is -0.449 e. The largest absolute Gasteiger partial charge is 0.449 e. The fourth-order valence-electron chi connectivity index (χ4n) is 5.24. The summed E-state index contributed by atoms with van der Waals surface area (Å²) in [4.78, 5) is 49.6. The van der Waals surface area contributed by atoms with E-state index in [0.717, 1.165) is 35.1 Å². The number of primary amides is 1. The van der Waals surface area contributed by atoms with E-state index in [2.05, 4.69) is 10.6 Å². The molecule has 1 atom stereocenters. The predicted octanol–water partition coefficient (Wildman–Crippen LogP) is 3.92. The second-order valence-electron chi connectivity index (χ2n) is 11.0. The van der Waals surface area contributed by atoms with Crippen LogP contribution in [0.2, 0.25) is 1.41 Å². The summed E-state index contributed by atoms with van der Waals surface area (Å²) >= 11 is 0. The Balaban J connectivity index is 1.56. The van der Waals surface area contributed by atoms with Crippen molar-refractivity contribution in [2.24, 2.45) is 5.73 Å². The number of amides is 3. The first kappa shape index (κ1) is 35.0. The smallest absolute Gasteiger partial charge is 0.404 e. The summed E-state index contributed by atoms with van der Waals surface area (Å²) in [6.45, 7) is 3.09. The summed E-state index contributed by atoms with van der Waals surface area (Å²) in [5.74, 6) is -0.821. The third-order valence-corrected chi connectivity index (χ3v) is 7.53. The number of unbranched alkanes of at least 4 members (excludes halogenated alkanes) is 1. The number of Topliss-reactive ketones (excluding diaryl/α,β-unsaturated/α-hetero) is 1. The number of methoxy groups -OCH3 is 1. The van der Waals surface area contributed by atoms with Crippen LogP contribution < -0.4 is 16.4 Å². The van der Waals surface area contributed by atoms with Gasteiger partial charge in [0, 0.05) is 83.1 Å². The van der Waals surface area contributed by atoms with Crippen LogP contribution in [-0.2, 0) is 28.5 Å². The molecule has 0 bridgehead atoms. The summed E-state index contributed by atoms with van der Waals surface area (Å²) in [5.41, 5.74) is 6.24. The molecule has 46 heavy (non-hydrogen) atoms. The Morgan fingerprint density at radius 1 is 0.826 bits per heavy atom. The third-order valence-electron chi connectivity index (χ3n) is 7.53. The van der Waals surface area contributed by atoms with Crippen molar-refractivity contribution in [2.45, 2.75) is 57.3 Å². The summed E-state index contributed by atoms with van der Waals surface area (Å²) in [5, 5.41) is 14.5. The lowest BCUT2D eigenvalue weighted by Gasteiger charge is -2.15. The Morgan fingerprint density at radius 2 is 1.54 bits per heavy atom. The van der Waals surface area contributed by atoms with Crippen molar-refractivity contribution >= 4 is 29.4 Å². The lowest BCUT2D eigenvalue weighted by Crippen LogP contribution is -2.27. The van der Waals surface area contributed by atoms with Crippen molar-refractivity contribution in [1.29, 1.82) is 0 Å². The highest BCUT2D eigenvalue weighted by Crippen LogP contribution is 2.46. The number of hydrogen-bond acceptors (Lipinski definition) is 9. The maximum absolute atomic E-state index is 13.0. The van der Waals surface area contributed by atoms with Crippen molar-refractivity contribution < 1.29 is 44.6 Å². The second-order valence-corrected chi connectivity index (χ2v) is 11.0. The van der Waals surface area contributed by atoms with E-state index in [1.165, 1.54) is 0 Å². The van der Waals surface area contributed by atoms with Gasteiger partial charge < -0.3 is 40.4 Å². The molecular weight excluding hydrogens is 594 g/mol. The Morgan fingerprint density at radius 3 is 2.33 bits per heavy atom. The van der Waals surface area contributed by atoms with Crippen molar-refractivity contribution in [3.05, 3.63) is 53.1 Å². The first-order valence-electron chi connectivity index (χ1n) is 16.4. The zero-order valence-electron chi connectivity index (χ0n) is 27.6. The number of aliphatic hydroxyl groups is 1. The number of hydrogen-bond donors (Lipinski definition) is 4. The van der Waals surface area contributed by atoms with Gasteiger partial charge in [-0.1, -0.05) is 18.2 Å². The quantitative estimate of drug-likeness (QED) is 0.103. The molecule has 1 unspecified atom stereocenters. The average molecular weight is 643 g/mol. The molecule has 0 aromatic heterocycles. The molecular formula is C34H47N3O9. The number of aliphatic hydroxyl groups excluding tert-OH is 1. The fraction of sp³-hybridized carbons (Fsp3) is 0.529. The van der Waals surface area contributed by atoms with Gasteiger partial charge in [-0.3, -0.25) is 14.4 Å². The molecule has 1 aliphatic carbocycles. The fourth-order valence-corrected chi connectivity index (χ4v) is 5.24. The van der Waals surface area contributed by atoms with Crippen molar-refractivity contribution in [3.63, 3.8) is 0 Å². The maximum Gasteiger partial charge on any atom is 0.404 e. The molecule has 0 saturated heterocycles. The van der Waals surface area contributed by atoms with E-state index in [1.807, 2.05) is 24.3 Å². The van der Waals surface area contributed by atoms with Gasteiger partial charge in [0.1, 0.15) is 6.61 Å². The highest BCUT2D eigenvalue weighted by atomic mass is 16.5. The highest BCUT2D eigenvalue weighted by Gasteiger charge is 2.31. The van der Waals surface area contributed by atoms with Gasteiger partial charge in [-0.15, -0.1) is 0 Å². The molecule has 5 N–H and O–H groups in total. The normalized spacial score (nSPS) is 13.3. The monoisotopic (exact) mass is 642 g/mol. The van der Waals surface area contributed by atoms with Crippen molar-refractivity contribution in [1.82, 2.24) is 5.32 Å². The lowest BCUT2D eigenvalue weighted by molar-refractivity contribution is -0.121. The van der Waals surface area contributed by atoms with E-state index >= 15 is 0 Å². The van der Waals surface area contributed by atoms with E-state index in [1.54, 1.807) is 25.0 Å². The Hall–Kier alpha value is -3.84. The van der Waals surface area contributed by atoms with Crippen LogP contribution in [0.15, 0.2) is 36.4 Å². The zero-order valence-corrected chi connectivity index (χ0v) is 26.6. The molecule has 0 radical (unpaired) electrons. The molecule has 0 spiro atoms. The number of anilines is 1. The number of nitrogens with one attached hydrogen (secondary N) is 2. The van der Waals surface area contributed by atoms with E-state index in [0.29, 0.717) is 76.5 Å². The number of carbonyl (C=O) groups is 4. The molecule has 0 aliphatic heterocycles. The first-order chi connectivity index (χ1) is 22.9. The molecule has 0 fully saturated rings. The minimum absolute atomic E-state index is 0.0285. The van der Waals surface area contributed by atoms with Gasteiger partial charge in [-0.05, 0) is 72.6 Å². The zero-order chi connectivity index (χ0) is 33.9. The number of nitrogens with two attached hydrogens (primary N) is 1. The van der Waals surface area contributed by atoms with Crippen LogP contribution in [-0.4, -0.2) is 88.7 Å². The molecule has 252 valence electrons. The molecule has 12 nitrogen and oxygen atoms in total. The molecule has 0 saturated carbocycles. The molecule has 1 aliphatic rings. The van der Waals surface area contributed by atoms with Gasteiger partial charge in [0.25, 0.3) is 0 Å². The van der Waals surface area contributed by atoms with Crippen LogP contribution in [0.4, 0.5) is 10.5 Å². The number of ether oxygens (including phenoxy) is 4. The summed E-state index contributed by atoms with van der Waals surface area (Å²) < 4.78 is 28.3. The SMILES string of the molecule is [2H]NC(=O)OCC1c2cc(NC(=O)CCCC(=O)NCCOCCCOC)ccc2-c2ccc(C(=O)CCCOCCCCO)cc21. The second kappa shape index (κ2) is 20.3. The van der Waals surface area contributed by atoms with Gasteiger partial charge in [-0.2, -0.15) is 0 Å². The van der Waals surface area contributed by atoms with Crippen LogP contribution in [0, 0.1) is 0 Å². The number of fused-ring (bicyclic) bond motifs is 3. The topological polar surface area (TPSA) is 176 Å². The molecule has 0 heterocycles. The van der Waals surface area contributed by atoms with E-state index in [9.17, 15) is 19.2 Å². The molecule has 3 rings (SSSR count). The molecule has 2 aromatic rings. The van der Waals surface area contributed by atoms with Gasteiger partial charge in [-0.25, -0.2) is 4.79 Å². The van der Waals surface area contributed by atoms with Crippen molar-refractivity contribution in [2.75, 3.05) is 65.2 Å². The Labute approximate surface area is 271 Å². The van der Waals surface area contributed by atoms with Gasteiger partial charge in [0.05, 0.1) is 6.61 Å². The van der Waals surface area contributed by atoms with E-state index < -0.39 is 12.0 Å². The number of benzene rings is 2. The Kier molecular flexibility index (Phi) is 15.5. The average Bonchev–Trinajstić information content (AvgIpc) is 3.38. The number of ketones is 1. The predicted molar refractivity (Wildman–Crippen MR) is 173 cm³/mol. The van der Waals surface area contributed by atoms with Gasteiger partial charge >= 0.3 is 6.09 Å². The van der Waals surface area contributed by atoms with Crippen LogP contribution >= 0.6 is 0 Å². The van der Waals surface area contributed by atoms with Crippen molar-refractivity contribution in [3.8, 4) is 11.1 Å². The third kappa shape index (κ3) is 12.2. The summed E-state index contributed by atoms with van der Waals surface area (Å²) in [6.07, 6.45) is 3.01. The Bertz CT molecular complexity index is 1320.